The Bertz CT molecular complexity index is 1100. The zero-order valence-corrected chi connectivity index (χ0v) is 16.0. The van der Waals surface area contributed by atoms with Crippen molar-refractivity contribution in [2.75, 3.05) is 5.32 Å². The van der Waals surface area contributed by atoms with Gasteiger partial charge in [0.15, 0.2) is 0 Å². The van der Waals surface area contributed by atoms with Crippen molar-refractivity contribution in [3.8, 4) is 16.9 Å². The molecule has 0 bridgehead atoms. The molecule has 4 rings (SSSR count). The first-order valence-electron chi connectivity index (χ1n) is 8.23. The average Bonchev–Trinajstić information content (AvgIpc) is 3.33. The summed E-state index contributed by atoms with van der Waals surface area (Å²) >= 11 is 7.67. The number of halogens is 1. The van der Waals surface area contributed by atoms with Crippen LogP contribution in [0.15, 0.2) is 65.5 Å². The number of pyridine rings is 1. The Hall–Kier alpha value is -2.96. The van der Waals surface area contributed by atoms with Gasteiger partial charge in [0, 0.05) is 22.0 Å². The van der Waals surface area contributed by atoms with Gasteiger partial charge < -0.3 is 5.32 Å². The first-order valence-corrected chi connectivity index (χ1v) is 9.55. The summed E-state index contributed by atoms with van der Waals surface area (Å²) in [6, 6.07) is 14.7. The van der Waals surface area contributed by atoms with Crippen LogP contribution in [0, 0.1) is 6.92 Å². The number of anilines is 1. The number of rotatable bonds is 4. The average molecular weight is 395 g/mol. The maximum Gasteiger partial charge on any atom is 0.258 e. The van der Waals surface area contributed by atoms with E-state index in [0.29, 0.717) is 22.1 Å². The number of amides is 1. The number of benzene rings is 1. The predicted molar refractivity (Wildman–Crippen MR) is 109 cm³/mol. The lowest BCUT2D eigenvalue weighted by molar-refractivity contribution is 0.102. The van der Waals surface area contributed by atoms with Crippen molar-refractivity contribution < 1.29 is 4.79 Å². The Morgan fingerprint density at radius 1 is 1.19 bits per heavy atom. The van der Waals surface area contributed by atoms with Gasteiger partial charge in [0.25, 0.3) is 5.91 Å². The highest BCUT2D eigenvalue weighted by molar-refractivity contribution is 7.08. The number of nitrogens with one attached hydrogen (secondary N) is 1. The number of aryl methyl sites for hydroxylation is 1. The highest BCUT2D eigenvalue weighted by atomic mass is 35.5. The lowest BCUT2D eigenvalue weighted by Crippen LogP contribution is -2.17. The van der Waals surface area contributed by atoms with Crippen LogP contribution in [0.3, 0.4) is 0 Å². The fourth-order valence-electron chi connectivity index (χ4n) is 2.77. The van der Waals surface area contributed by atoms with Gasteiger partial charge in [-0.25, -0.2) is 4.68 Å². The smallest absolute Gasteiger partial charge is 0.258 e. The molecule has 0 aliphatic carbocycles. The maximum atomic E-state index is 12.8. The monoisotopic (exact) mass is 394 g/mol. The second kappa shape index (κ2) is 7.34. The molecule has 0 saturated heterocycles. The van der Waals surface area contributed by atoms with Crippen LogP contribution in [0.25, 0.3) is 16.9 Å². The van der Waals surface area contributed by atoms with Crippen LogP contribution in [-0.4, -0.2) is 20.7 Å². The summed E-state index contributed by atoms with van der Waals surface area (Å²) in [4.78, 5) is 17.3. The molecule has 0 aliphatic rings. The molecule has 0 spiro atoms. The van der Waals surface area contributed by atoms with E-state index >= 15 is 0 Å². The van der Waals surface area contributed by atoms with Gasteiger partial charge in [0.2, 0.25) is 0 Å². The van der Waals surface area contributed by atoms with Gasteiger partial charge >= 0.3 is 0 Å². The van der Waals surface area contributed by atoms with Gasteiger partial charge in [-0.05, 0) is 48.7 Å². The van der Waals surface area contributed by atoms with E-state index in [4.69, 9.17) is 11.6 Å². The minimum atomic E-state index is -0.236. The van der Waals surface area contributed by atoms with Crippen molar-refractivity contribution in [3.63, 3.8) is 0 Å². The molecule has 7 heteroatoms. The lowest BCUT2D eigenvalue weighted by atomic mass is 10.1. The highest BCUT2D eigenvalue weighted by Gasteiger charge is 2.14. The van der Waals surface area contributed by atoms with Crippen LogP contribution in [0.1, 0.15) is 16.1 Å². The number of aromatic nitrogens is 3. The van der Waals surface area contributed by atoms with Crippen LogP contribution < -0.4 is 5.32 Å². The molecular formula is C20H15ClN4OS. The lowest BCUT2D eigenvalue weighted by Gasteiger charge is -2.11. The van der Waals surface area contributed by atoms with Crippen LogP contribution in [0.4, 0.5) is 5.82 Å². The fourth-order valence-corrected chi connectivity index (χ4v) is 3.60. The van der Waals surface area contributed by atoms with Crippen molar-refractivity contribution >= 4 is 34.7 Å². The Morgan fingerprint density at radius 3 is 2.81 bits per heavy atom. The van der Waals surface area contributed by atoms with Gasteiger partial charge in [-0.15, -0.1) is 0 Å². The number of carbonyl (C=O) groups excluding carboxylic acids is 1. The van der Waals surface area contributed by atoms with Gasteiger partial charge in [0.1, 0.15) is 5.82 Å². The molecule has 1 N–H and O–H groups in total. The number of thiophene rings is 1. The molecule has 0 fully saturated rings. The van der Waals surface area contributed by atoms with E-state index < -0.39 is 0 Å². The molecule has 0 radical (unpaired) electrons. The fraction of sp³-hybridized carbons (Fsp3) is 0.0500. The van der Waals surface area contributed by atoms with Gasteiger partial charge in [0.05, 0.1) is 28.8 Å². The molecule has 3 aromatic heterocycles. The summed E-state index contributed by atoms with van der Waals surface area (Å²) in [6.07, 6.45) is 1.63. The molecule has 0 aliphatic heterocycles. The Labute approximate surface area is 165 Å². The largest absolute Gasteiger partial charge is 0.306 e. The minimum Gasteiger partial charge on any atom is -0.306 e. The molecular weight excluding hydrogens is 380 g/mol. The zero-order valence-electron chi connectivity index (χ0n) is 14.4. The van der Waals surface area contributed by atoms with Gasteiger partial charge in [-0.3, -0.25) is 9.78 Å². The first kappa shape index (κ1) is 17.5. The molecule has 1 amide bonds. The molecule has 1 aromatic carbocycles. The molecule has 27 heavy (non-hydrogen) atoms. The summed E-state index contributed by atoms with van der Waals surface area (Å²) in [7, 11) is 0. The Kier molecular flexibility index (Phi) is 4.75. The van der Waals surface area contributed by atoms with E-state index in [9.17, 15) is 4.79 Å². The van der Waals surface area contributed by atoms with Crippen LogP contribution in [-0.2, 0) is 0 Å². The number of hydrogen-bond donors (Lipinski definition) is 1. The molecule has 0 unspecified atom stereocenters. The zero-order chi connectivity index (χ0) is 18.8. The van der Waals surface area contributed by atoms with Gasteiger partial charge in [-0.1, -0.05) is 17.7 Å². The third-order valence-electron chi connectivity index (χ3n) is 4.08. The van der Waals surface area contributed by atoms with Crippen molar-refractivity contribution in [1.29, 1.82) is 0 Å². The normalized spacial score (nSPS) is 10.7. The van der Waals surface area contributed by atoms with Crippen LogP contribution in [0.2, 0.25) is 5.02 Å². The first-order chi connectivity index (χ1) is 13.1. The molecule has 4 aromatic rings. The molecule has 5 nitrogen and oxygen atoms in total. The third kappa shape index (κ3) is 3.63. The second-order valence-electron chi connectivity index (χ2n) is 5.90. The standard InChI is InChI=1S/C20H15ClN4OS/c1-13-17(5-6-18(23-13)14-8-10-27-12-14)20(26)24-19-7-9-22-25(19)16-4-2-3-15(21)11-16/h2-12H,1H3,(H,24,26). The summed E-state index contributed by atoms with van der Waals surface area (Å²) in [5, 5.41) is 11.8. The van der Waals surface area contributed by atoms with E-state index in [0.717, 1.165) is 16.9 Å². The summed E-state index contributed by atoms with van der Waals surface area (Å²) in [5.41, 5.74) is 3.87. The third-order valence-corrected chi connectivity index (χ3v) is 5.00. The maximum absolute atomic E-state index is 12.8. The van der Waals surface area contributed by atoms with E-state index in [2.05, 4.69) is 15.4 Å². The number of hydrogen-bond acceptors (Lipinski definition) is 4. The summed E-state index contributed by atoms with van der Waals surface area (Å²) in [5.74, 6) is 0.323. The summed E-state index contributed by atoms with van der Waals surface area (Å²) in [6.45, 7) is 1.83. The predicted octanol–water partition coefficient (Wildman–Crippen LogP) is 5.21. The number of carbonyl (C=O) groups is 1. The Morgan fingerprint density at radius 2 is 2.07 bits per heavy atom. The van der Waals surface area contributed by atoms with E-state index in [1.807, 2.05) is 41.9 Å². The minimum absolute atomic E-state index is 0.236. The molecule has 0 atom stereocenters. The van der Waals surface area contributed by atoms with Crippen LogP contribution in [0.5, 0.6) is 0 Å². The quantitative estimate of drug-likeness (QED) is 0.516. The topological polar surface area (TPSA) is 59.8 Å². The van der Waals surface area contributed by atoms with Crippen molar-refractivity contribution in [2.45, 2.75) is 6.92 Å². The molecule has 3 heterocycles. The van der Waals surface area contributed by atoms with Gasteiger partial charge in [-0.2, -0.15) is 16.4 Å². The van der Waals surface area contributed by atoms with E-state index in [-0.39, 0.29) is 5.91 Å². The van der Waals surface area contributed by atoms with Crippen LogP contribution >= 0.6 is 22.9 Å². The molecule has 134 valence electrons. The second-order valence-corrected chi connectivity index (χ2v) is 7.12. The van der Waals surface area contributed by atoms with E-state index in [1.165, 1.54) is 0 Å². The van der Waals surface area contributed by atoms with E-state index in [1.54, 1.807) is 46.5 Å². The number of nitrogens with zero attached hydrogens (tertiary/aromatic N) is 3. The van der Waals surface area contributed by atoms with Crippen molar-refractivity contribution in [1.82, 2.24) is 14.8 Å². The van der Waals surface area contributed by atoms with Crippen molar-refractivity contribution in [3.05, 3.63) is 81.8 Å². The summed E-state index contributed by atoms with van der Waals surface area (Å²) < 4.78 is 1.63. The highest BCUT2D eigenvalue weighted by Crippen LogP contribution is 2.23. The molecule has 0 saturated carbocycles. The van der Waals surface area contributed by atoms with Crippen molar-refractivity contribution in [2.24, 2.45) is 0 Å². The SMILES string of the molecule is Cc1nc(-c2ccsc2)ccc1C(=O)Nc1ccnn1-c1cccc(Cl)c1. The Balaban J connectivity index is 1.60.